The molecule has 17 heavy (non-hydrogen) atoms. The lowest BCUT2D eigenvalue weighted by Crippen LogP contribution is -2.01. The van der Waals surface area contributed by atoms with Gasteiger partial charge in [0.2, 0.25) is 0 Å². The number of thiol groups is 1. The molecule has 0 saturated carbocycles. The number of carboxylic acids is 1. The van der Waals surface area contributed by atoms with Crippen molar-refractivity contribution in [2.24, 2.45) is 0 Å². The average Bonchev–Trinajstić information content (AvgIpc) is 2.34. The second-order valence-electron chi connectivity index (χ2n) is 3.02. The van der Waals surface area contributed by atoms with Crippen LogP contribution in [0, 0.1) is 11.8 Å². The lowest BCUT2D eigenvalue weighted by atomic mass is 10.1. The second kappa shape index (κ2) is 6.06. The highest BCUT2D eigenvalue weighted by molar-refractivity contribution is 7.80. The van der Waals surface area contributed by atoms with Crippen LogP contribution in [0.5, 0.6) is 11.5 Å². The standard InChI is InChI=1S/C12H12O4S/c1-15-10-6-8(12(13)14)7-11(16-2)9(10)4-3-5-17/h6-7,17H,5H2,1-2H3,(H,13,14). The van der Waals surface area contributed by atoms with Gasteiger partial charge in [-0.1, -0.05) is 11.8 Å². The molecule has 5 heteroatoms. The first-order valence-electron chi connectivity index (χ1n) is 4.73. The van der Waals surface area contributed by atoms with Crippen LogP contribution < -0.4 is 9.47 Å². The number of ether oxygens (including phenoxy) is 2. The topological polar surface area (TPSA) is 55.8 Å². The van der Waals surface area contributed by atoms with Gasteiger partial charge in [0.25, 0.3) is 0 Å². The molecule has 0 aliphatic carbocycles. The molecule has 0 aliphatic heterocycles. The summed E-state index contributed by atoms with van der Waals surface area (Å²) in [5, 5.41) is 8.93. The minimum atomic E-state index is -1.05. The van der Waals surface area contributed by atoms with E-state index < -0.39 is 5.97 Å². The molecule has 1 N–H and O–H groups in total. The second-order valence-corrected chi connectivity index (χ2v) is 3.34. The number of rotatable bonds is 3. The van der Waals surface area contributed by atoms with Crippen molar-refractivity contribution in [1.29, 1.82) is 0 Å². The highest BCUT2D eigenvalue weighted by Crippen LogP contribution is 2.29. The van der Waals surface area contributed by atoms with Crippen molar-refractivity contribution >= 4 is 18.6 Å². The van der Waals surface area contributed by atoms with Crippen molar-refractivity contribution in [3.05, 3.63) is 23.3 Å². The Hall–Kier alpha value is -1.80. The molecule has 0 heterocycles. The highest BCUT2D eigenvalue weighted by atomic mass is 32.1. The van der Waals surface area contributed by atoms with E-state index in [0.717, 1.165) is 0 Å². The van der Waals surface area contributed by atoms with E-state index in [1.807, 2.05) is 0 Å². The predicted octanol–water partition coefficient (Wildman–Crippen LogP) is 1.68. The number of carbonyl (C=O) groups is 1. The van der Waals surface area contributed by atoms with E-state index in [2.05, 4.69) is 24.5 Å². The normalized spacial score (nSPS) is 9.12. The number of methoxy groups -OCH3 is 2. The van der Waals surface area contributed by atoms with E-state index in [1.54, 1.807) is 0 Å². The molecule has 0 aliphatic rings. The van der Waals surface area contributed by atoms with Crippen molar-refractivity contribution in [1.82, 2.24) is 0 Å². The zero-order valence-electron chi connectivity index (χ0n) is 9.48. The molecule has 0 atom stereocenters. The van der Waals surface area contributed by atoms with Crippen LogP contribution in [0.2, 0.25) is 0 Å². The van der Waals surface area contributed by atoms with Crippen LogP contribution in [0.15, 0.2) is 12.1 Å². The van der Waals surface area contributed by atoms with Gasteiger partial charge in [-0.25, -0.2) is 4.79 Å². The first kappa shape index (κ1) is 13.3. The Morgan fingerprint density at radius 1 is 1.35 bits per heavy atom. The molecule has 1 rings (SSSR count). The largest absolute Gasteiger partial charge is 0.495 e. The number of benzene rings is 1. The van der Waals surface area contributed by atoms with Crippen molar-refractivity contribution in [3.63, 3.8) is 0 Å². The van der Waals surface area contributed by atoms with Gasteiger partial charge < -0.3 is 14.6 Å². The smallest absolute Gasteiger partial charge is 0.335 e. The van der Waals surface area contributed by atoms with E-state index >= 15 is 0 Å². The molecular weight excluding hydrogens is 240 g/mol. The summed E-state index contributed by atoms with van der Waals surface area (Å²) in [7, 11) is 2.90. The molecule has 0 unspecified atom stereocenters. The maximum absolute atomic E-state index is 10.9. The number of carboxylic acid groups (broad SMARTS) is 1. The van der Waals surface area contributed by atoms with Gasteiger partial charge in [0.05, 0.1) is 25.5 Å². The summed E-state index contributed by atoms with van der Waals surface area (Å²) in [6.45, 7) is 0. The maximum Gasteiger partial charge on any atom is 0.335 e. The van der Waals surface area contributed by atoms with E-state index in [-0.39, 0.29) is 5.56 Å². The van der Waals surface area contributed by atoms with Gasteiger partial charge in [-0.2, -0.15) is 12.6 Å². The molecular formula is C12H12O4S. The zero-order chi connectivity index (χ0) is 12.8. The average molecular weight is 252 g/mol. The van der Waals surface area contributed by atoms with Crippen LogP contribution in [-0.4, -0.2) is 31.0 Å². The molecule has 90 valence electrons. The molecule has 1 aromatic rings. The van der Waals surface area contributed by atoms with E-state index in [0.29, 0.717) is 22.8 Å². The molecule has 0 aromatic heterocycles. The van der Waals surface area contributed by atoms with Crippen LogP contribution in [0.4, 0.5) is 0 Å². The first-order chi connectivity index (χ1) is 8.13. The van der Waals surface area contributed by atoms with Gasteiger partial charge >= 0.3 is 5.97 Å². The van der Waals surface area contributed by atoms with Crippen molar-refractivity contribution in [3.8, 4) is 23.3 Å². The fraction of sp³-hybridized carbons (Fsp3) is 0.250. The van der Waals surface area contributed by atoms with Crippen LogP contribution in [0.25, 0.3) is 0 Å². The Labute approximate surface area is 105 Å². The van der Waals surface area contributed by atoms with E-state index in [4.69, 9.17) is 14.6 Å². The maximum atomic E-state index is 10.9. The highest BCUT2D eigenvalue weighted by Gasteiger charge is 2.14. The van der Waals surface area contributed by atoms with Gasteiger partial charge in [0, 0.05) is 0 Å². The SMILES string of the molecule is COc1cc(C(=O)O)cc(OC)c1C#CCS. The minimum Gasteiger partial charge on any atom is -0.495 e. The van der Waals surface area contributed by atoms with Gasteiger partial charge in [0.15, 0.2) is 0 Å². The summed E-state index contributed by atoms with van der Waals surface area (Å²) < 4.78 is 10.2. The van der Waals surface area contributed by atoms with Gasteiger partial charge in [0.1, 0.15) is 17.1 Å². The third-order valence-electron chi connectivity index (χ3n) is 2.05. The Kier molecular flexibility index (Phi) is 4.73. The molecule has 0 bridgehead atoms. The quantitative estimate of drug-likeness (QED) is 0.635. The number of hydrogen-bond acceptors (Lipinski definition) is 4. The van der Waals surface area contributed by atoms with Gasteiger partial charge in [-0.15, -0.1) is 0 Å². The van der Waals surface area contributed by atoms with Crippen molar-refractivity contribution in [2.45, 2.75) is 0 Å². The Balaban J connectivity index is 3.41. The van der Waals surface area contributed by atoms with Crippen molar-refractivity contribution < 1.29 is 19.4 Å². The first-order valence-corrected chi connectivity index (χ1v) is 5.36. The third-order valence-corrected chi connectivity index (χ3v) is 2.20. The molecule has 0 saturated heterocycles. The minimum absolute atomic E-state index is 0.0927. The van der Waals surface area contributed by atoms with Crippen LogP contribution in [0.1, 0.15) is 15.9 Å². The monoisotopic (exact) mass is 252 g/mol. The summed E-state index contributed by atoms with van der Waals surface area (Å²) in [5.74, 6) is 5.69. The van der Waals surface area contributed by atoms with Crippen LogP contribution >= 0.6 is 12.6 Å². The number of aromatic carboxylic acids is 1. The fourth-order valence-corrected chi connectivity index (χ4v) is 1.37. The van der Waals surface area contributed by atoms with Crippen molar-refractivity contribution in [2.75, 3.05) is 20.0 Å². The summed E-state index contributed by atoms with van der Waals surface area (Å²) >= 11 is 3.98. The Morgan fingerprint density at radius 3 is 2.24 bits per heavy atom. The molecule has 4 nitrogen and oxygen atoms in total. The van der Waals surface area contributed by atoms with E-state index in [1.165, 1.54) is 26.4 Å². The Bertz CT molecular complexity index is 460. The van der Waals surface area contributed by atoms with Crippen LogP contribution in [0.3, 0.4) is 0 Å². The molecule has 0 amide bonds. The van der Waals surface area contributed by atoms with Gasteiger partial charge in [-0.3, -0.25) is 0 Å². The molecule has 0 spiro atoms. The molecule has 1 aromatic carbocycles. The zero-order valence-corrected chi connectivity index (χ0v) is 10.4. The summed E-state index contributed by atoms with van der Waals surface area (Å²) in [5.41, 5.74) is 0.615. The number of hydrogen-bond donors (Lipinski definition) is 2. The summed E-state index contributed by atoms with van der Waals surface area (Å²) in [6.07, 6.45) is 0. The molecule has 0 fully saturated rings. The lowest BCUT2D eigenvalue weighted by molar-refractivity contribution is 0.0696. The summed E-state index contributed by atoms with van der Waals surface area (Å²) in [6, 6.07) is 2.82. The predicted molar refractivity (Wildman–Crippen MR) is 67.2 cm³/mol. The lowest BCUT2D eigenvalue weighted by Gasteiger charge is -2.09. The van der Waals surface area contributed by atoms with Gasteiger partial charge in [-0.05, 0) is 12.1 Å². The fourth-order valence-electron chi connectivity index (χ4n) is 1.29. The molecule has 0 radical (unpaired) electrons. The summed E-state index contributed by atoms with van der Waals surface area (Å²) in [4.78, 5) is 10.9. The van der Waals surface area contributed by atoms with E-state index in [9.17, 15) is 4.79 Å². The van der Waals surface area contributed by atoms with Crippen LogP contribution in [-0.2, 0) is 0 Å². The third kappa shape index (κ3) is 3.08. The Morgan fingerprint density at radius 2 is 1.88 bits per heavy atom.